The van der Waals surface area contributed by atoms with Crippen molar-refractivity contribution in [2.75, 3.05) is 26.4 Å². The predicted molar refractivity (Wildman–Crippen MR) is 325 cm³/mol. The molecule has 0 aliphatic rings. The van der Waals surface area contributed by atoms with Gasteiger partial charge >= 0.3 is 25.7 Å². The maximum atomic E-state index is 13.0. The van der Waals surface area contributed by atoms with Crippen molar-refractivity contribution in [2.45, 2.75) is 315 Å². The van der Waals surface area contributed by atoms with Gasteiger partial charge in [0.15, 0.2) is 6.10 Å². The lowest BCUT2D eigenvalue weighted by atomic mass is 10.0. The zero-order valence-corrected chi connectivity index (χ0v) is 51.3. The predicted octanol–water partition coefficient (Wildman–Crippen LogP) is 19.5. The highest BCUT2D eigenvalue weighted by Crippen LogP contribution is 2.43. The Balaban J connectivity index is 4.68. The number of rotatable bonds is 60. The molecule has 0 rings (SSSR count). The lowest BCUT2D eigenvalue weighted by molar-refractivity contribution is -0.161. The molecule has 0 saturated heterocycles. The van der Waals surface area contributed by atoms with Crippen LogP contribution >= 0.6 is 7.82 Å². The first kappa shape index (κ1) is 75.2. The second-order valence-electron chi connectivity index (χ2n) is 21.6. The van der Waals surface area contributed by atoms with Gasteiger partial charge in [-0.1, -0.05) is 261 Å². The summed E-state index contributed by atoms with van der Waals surface area (Å²) in [5.41, 5.74) is 0. The molecule has 2 N–H and O–H groups in total. The van der Waals surface area contributed by atoms with Crippen molar-refractivity contribution in [3.05, 3.63) is 60.8 Å². The zero-order chi connectivity index (χ0) is 56.9. The van der Waals surface area contributed by atoms with E-state index < -0.39 is 57.8 Å². The lowest BCUT2D eigenvalue weighted by Gasteiger charge is -2.21. The highest BCUT2D eigenvalue weighted by Gasteiger charge is 2.28. The average molecular weight is 1120 g/mol. The van der Waals surface area contributed by atoms with Crippen LogP contribution in [0, 0.1) is 0 Å². The molecular formula is C66H119O11P. The minimum Gasteiger partial charge on any atom is -0.462 e. The number of ether oxygens (including phenoxy) is 3. The summed E-state index contributed by atoms with van der Waals surface area (Å²) in [6.07, 6.45) is 67.3. The third-order valence-corrected chi connectivity index (χ3v) is 14.9. The van der Waals surface area contributed by atoms with Crippen LogP contribution in [0.5, 0.6) is 0 Å². The number of phosphoric ester groups is 1. The van der Waals surface area contributed by atoms with Gasteiger partial charge in [-0.15, -0.1) is 0 Å². The molecule has 3 unspecified atom stereocenters. The monoisotopic (exact) mass is 1120 g/mol. The second kappa shape index (κ2) is 60.3. The first-order chi connectivity index (χ1) is 38.2. The van der Waals surface area contributed by atoms with Crippen molar-refractivity contribution < 1.29 is 52.2 Å². The van der Waals surface area contributed by atoms with E-state index in [2.05, 4.69) is 81.5 Å². The molecule has 0 radical (unpaired) electrons. The molecule has 0 bridgehead atoms. The zero-order valence-electron chi connectivity index (χ0n) is 50.4. The van der Waals surface area contributed by atoms with Crippen LogP contribution in [0.2, 0.25) is 0 Å². The minimum atomic E-state index is -4.76. The Hall–Kier alpha value is -2.82. The number of hydrogen-bond acceptors (Lipinski definition) is 10. The summed E-state index contributed by atoms with van der Waals surface area (Å²) in [6, 6.07) is 0. The molecule has 0 aliphatic carbocycles. The van der Waals surface area contributed by atoms with Crippen LogP contribution in [-0.2, 0) is 42.2 Å². The number of hydrogen-bond donors (Lipinski definition) is 2. The van der Waals surface area contributed by atoms with Gasteiger partial charge in [-0.25, -0.2) is 4.57 Å². The molecule has 0 aromatic heterocycles. The van der Waals surface area contributed by atoms with Crippen molar-refractivity contribution in [1.29, 1.82) is 0 Å². The quantitative estimate of drug-likeness (QED) is 0.0197. The van der Waals surface area contributed by atoms with E-state index in [1.807, 2.05) is 0 Å². The summed E-state index contributed by atoms with van der Waals surface area (Å²) in [6.45, 7) is 4.55. The van der Waals surface area contributed by atoms with Gasteiger partial charge in [0.1, 0.15) is 12.7 Å². The molecule has 0 aliphatic heterocycles. The number of aliphatic hydroxyl groups excluding tert-OH is 1. The van der Waals surface area contributed by atoms with Gasteiger partial charge < -0.3 is 24.2 Å². The van der Waals surface area contributed by atoms with Gasteiger partial charge in [-0.05, 0) is 83.5 Å². The fraction of sp³-hybridized carbons (Fsp3) is 0.803. The molecule has 0 saturated carbocycles. The smallest absolute Gasteiger partial charge is 0.462 e. The third kappa shape index (κ3) is 57.9. The molecule has 3 atom stereocenters. The molecule has 12 heteroatoms. The van der Waals surface area contributed by atoms with Gasteiger partial charge in [-0.2, -0.15) is 0 Å². The number of esters is 3. The van der Waals surface area contributed by atoms with Gasteiger partial charge in [0, 0.05) is 19.3 Å². The number of phosphoric acid groups is 1. The highest BCUT2D eigenvalue weighted by atomic mass is 31.2. The lowest BCUT2D eigenvalue weighted by Crippen LogP contribution is -2.30. The number of carbonyl (C=O) groups is 3. The van der Waals surface area contributed by atoms with E-state index in [1.54, 1.807) is 0 Å². The van der Waals surface area contributed by atoms with Crippen molar-refractivity contribution >= 4 is 25.7 Å². The summed E-state index contributed by atoms with van der Waals surface area (Å²) in [4.78, 5) is 48.7. The summed E-state index contributed by atoms with van der Waals surface area (Å²) in [5, 5.41) is 9.85. The first-order valence-corrected chi connectivity index (χ1v) is 33.7. The average Bonchev–Trinajstić information content (AvgIpc) is 3.43. The molecular weight excluding hydrogens is 1000 g/mol. The Morgan fingerprint density at radius 3 is 1.05 bits per heavy atom. The van der Waals surface area contributed by atoms with E-state index in [1.165, 1.54) is 141 Å². The molecule has 454 valence electrons. The van der Waals surface area contributed by atoms with Gasteiger partial charge in [-0.3, -0.25) is 23.4 Å². The van der Waals surface area contributed by atoms with Crippen LogP contribution in [-0.4, -0.2) is 66.5 Å². The number of allylic oxidation sites excluding steroid dienone is 10. The van der Waals surface area contributed by atoms with E-state index in [9.17, 15) is 28.9 Å². The van der Waals surface area contributed by atoms with Crippen molar-refractivity contribution in [1.82, 2.24) is 0 Å². The van der Waals surface area contributed by atoms with Crippen LogP contribution in [0.4, 0.5) is 0 Å². The van der Waals surface area contributed by atoms with Crippen LogP contribution in [0.15, 0.2) is 60.8 Å². The Morgan fingerprint density at radius 1 is 0.372 bits per heavy atom. The third-order valence-electron chi connectivity index (χ3n) is 13.9. The maximum Gasteiger partial charge on any atom is 0.472 e. The minimum absolute atomic E-state index is 0.164. The molecule has 0 aromatic carbocycles. The summed E-state index contributed by atoms with van der Waals surface area (Å²) >= 11 is 0. The van der Waals surface area contributed by atoms with Crippen LogP contribution in [0.25, 0.3) is 0 Å². The van der Waals surface area contributed by atoms with E-state index in [4.69, 9.17) is 23.3 Å². The first-order valence-electron chi connectivity index (χ1n) is 32.2. The standard InChI is InChI=1S/C66H119O11P/c1-4-7-10-13-16-19-22-25-28-30-31-33-36-39-42-45-48-51-54-57-66(70)77-63(59-73-64(68)55-52-49-46-43-40-37-34-27-24-21-18-15-12-9-6-3)61-75-78(71,72)74-60-62(58-67)76-65(69)56-53-50-47-44-41-38-35-32-29-26-23-20-17-14-11-8-5-2/h8,11,16-17,19-20,25-26,28-29,62-63,67H,4-7,9-10,12-15,18,21-24,27,30-61H2,1-3H3,(H,71,72)/b11-8-,19-16-,20-17-,28-25-,29-26-. The molecule has 11 nitrogen and oxygen atoms in total. The molecule has 0 spiro atoms. The van der Waals surface area contributed by atoms with E-state index in [0.717, 1.165) is 103 Å². The van der Waals surface area contributed by atoms with Crippen molar-refractivity contribution in [3.63, 3.8) is 0 Å². The van der Waals surface area contributed by atoms with E-state index in [-0.39, 0.29) is 25.9 Å². The largest absolute Gasteiger partial charge is 0.472 e. The Kier molecular flexibility index (Phi) is 58.1. The van der Waals surface area contributed by atoms with E-state index >= 15 is 0 Å². The number of unbranched alkanes of at least 4 members (excludes halogenated alkanes) is 33. The molecule has 0 aromatic rings. The number of aliphatic hydroxyl groups is 1. The number of carbonyl (C=O) groups excluding carboxylic acids is 3. The van der Waals surface area contributed by atoms with Gasteiger partial charge in [0.05, 0.1) is 19.8 Å². The topological polar surface area (TPSA) is 155 Å². The normalized spacial score (nSPS) is 13.7. The Bertz CT molecular complexity index is 1540. The maximum absolute atomic E-state index is 13.0. The molecule has 0 fully saturated rings. The Labute approximate surface area is 478 Å². The molecule has 0 heterocycles. The highest BCUT2D eigenvalue weighted by molar-refractivity contribution is 7.47. The van der Waals surface area contributed by atoms with Crippen molar-refractivity contribution in [3.8, 4) is 0 Å². The van der Waals surface area contributed by atoms with E-state index in [0.29, 0.717) is 19.3 Å². The summed E-state index contributed by atoms with van der Waals surface area (Å²) in [7, 11) is -4.76. The fourth-order valence-corrected chi connectivity index (χ4v) is 9.83. The van der Waals surface area contributed by atoms with Gasteiger partial charge in [0.25, 0.3) is 0 Å². The van der Waals surface area contributed by atoms with Crippen LogP contribution in [0.3, 0.4) is 0 Å². The summed E-state index contributed by atoms with van der Waals surface area (Å²) < 4.78 is 39.7. The van der Waals surface area contributed by atoms with Gasteiger partial charge in [0.2, 0.25) is 0 Å². The fourth-order valence-electron chi connectivity index (χ4n) is 9.05. The molecule has 78 heavy (non-hydrogen) atoms. The SMILES string of the molecule is CC/C=C\C/C=C\C/C=C\CCCCCCCCCC(=O)OC(CO)COP(=O)(O)OCC(COC(=O)CCCCCCCCCCCCCCCCC)OC(=O)CCCCCCCCCCC/C=C\C/C=C\CCCCC. The van der Waals surface area contributed by atoms with Crippen molar-refractivity contribution in [2.24, 2.45) is 0 Å². The van der Waals surface area contributed by atoms with Crippen LogP contribution in [0.1, 0.15) is 303 Å². The Morgan fingerprint density at radius 2 is 0.667 bits per heavy atom. The van der Waals surface area contributed by atoms with Crippen LogP contribution < -0.4 is 0 Å². The second-order valence-corrected chi connectivity index (χ2v) is 23.0. The summed E-state index contributed by atoms with van der Waals surface area (Å²) in [5.74, 6) is -1.46. The molecule has 0 amide bonds.